The summed E-state index contributed by atoms with van der Waals surface area (Å²) in [6, 6.07) is 14.5. The van der Waals surface area contributed by atoms with Crippen LogP contribution < -0.4 is 10.2 Å². The van der Waals surface area contributed by atoms with Gasteiger partial charge in [0.1, 0.15) is 6.20 Å². The lowest BCUT2D eigenvalue weighted by Gasteiger charge is -2.04. The van der Waals surface area contributed by atoms with Crippen LogP contribution in [-0.4, -0.2) is 9.66 Å². The first-order valence-electron chi connectivity index (χ1n) is 5.83. The number of nitrogens with zero attached hydrogens (tertiary/aromatic N) is 3. The van der Waals surface area contributed by atoms with Gasteiger partial charge in [0.2, 0.25) is 6.33 Å². The molecular formula is C14H11N4+. The van der Waals surface area contributed by atoms with Crippen LogP contribution in [0.25, 0.3) is 22.5 Å². The summed E-state index contributed by atoms with van der Waals surface area (Å²) in [5, 5.41) is 0. The smallest absolute Gasteiger partial charge is 0.208 e. The number of nitrogens with one attached hydrogen (secondary N) is 1. The van der Waals surface area contributed by atoms with Crippen molar-refractivity contribution < 1.29 is 4.68 Å². The molecule has 0 aliphatic carbocycles. The van der Waals surface area contributed by atoms with Crippen molar-refractivity contribution >= 4 is 0 Å². The molecule has 0 bridgehead atoms. The maximum atomic E-state index is 4.20. The minimum Gasteiger partial charge on any atom is -0.218 e. The number of imidazole rings is 1. The Balaban J connectivity index is 2.13. The van der Waals surface area contributed by atoms with Gasteiger partial charge in [0.05, 0.1) is 6.20 Å². The van der Waals surface area contributed by atoms with Crippen LogP contribution in [0.5, 0.6) is 0 Å². The maximum Gasteiger partial charge on any atom is 0.208 e. The Bertz CT molecular complexity index is 730. The number of hydrogen-bond acceptors (Lipinski definition) is 2. The molecule has 1 aliphatic heterocycles. The summed E-state index contributed by atoms with van der Waals surface area (Å²) < 4.78 is 3.92. The van der Waals surface area contributed by atoms with Gasteiger partial charge < -0.3 is 0 Å². The van der Waals surface area contributed by atoms with Gasteiger partial charge in [-0.2, -0.15) is 0 Å². The highest BCUT2D eigenvalue weighted by Gasteiger charge is 2.23. The maximum absolute atomic E-state index is 4.20. The van der Waals surface area contributed by atoms with E-state index in [-0.39, 0.29) is 0 Å². The molecule has 0 spiro atoms. The second kappa shape index (κ2) is 3.43. The van der Waals surface area contributed by atoms with Crippen LogP contribution in [-0.2, 0) is 0 Å². The lowest BCUT2D eigenvalue weighted by Crippen LogP contribution is -2.48. The summed E-state index contributed by atoms with van der Waals surface area (Å²) in [6.45, 7) is 0. The summed E-state index contributed by atoms with van der Waals surface area (Å²) in [5.41, 5.74) is 7.88. The van der Waals surface area contributed by atoms with Crippen LogP contribution in [0.1, 0.15) is 0 Å². The molecule has 0 amide bonds. The van der Waals surface area contributed by atoms with Crippen LogP contribution in [0.15, 0.2) is 61.2 Å². The Morgan fingerprint density at radius 2 is 1.83 bits per heavy atom. The average molecular weight is 235 g/mol. The van der Waals surface area contributed by atoms with E-state index in [1.54, 1.807) is 6.33 Å². The van der Waals surface area contributed by atoms with Crippen molar-refractivity contribution in [3.8, 4) is 22.5 Å². The van der Waals surface area contributed by atoms with Crippen molar-refractivity contribution in [2.45, 2.75) is 0 Å². The fraction of sp³-hybridized carbons (Fsp3) is 0. The third-order valence-electron chi connectivity index (χ3n) is 3.19. The van der Waals surface area contributed by atoms with Crippen molar-refractivity contribution in [3.05, 3.63) is 61.2 Å². The molecule has 0 saturated heterocycles. The molecule has 4 rings (SSSR count). The van der Waals surface area contributed by atoms with Gasteiger partial charge in [-0.1, -0.05) is 23.7 Å². The summed E-state index contributed by atoms with van der Waals surface area (Å²) in [5.74, 6) is 0. The Kier molecular flexibility index (Phi) is 1.80. The third-order valence-corrected chi connectivity index (χ3v) is 3.19. The highest BCUT2D eigenvalue weighted by atomic mass is 15.7. The normalized spacial score (nSPS) is 11.8. The van der Waals surface area contributed by atoms with E-state index in [1.165, 1.54) is 11.1 Å². The molecular weight excluding hydrogens is 224 g/mol. The van der Waals surface area contributed by atoms with Crippen molar-refractivity contribution in [3.63, 3.8) is 0 Å². The number of fused-ring (bicyclic) bond motifs is 5. The average Bonchev–Trinajstić information content (AvgIpc) is 2.83. The minimum atomic E-state index is 1.06. The van der Waals surface area contributed by atoms with Gasteiger partial charge in [-0.15, -0.1) is 9.35 Å². The molecule has 86 valence electrons. The summed E-state index contributed by atoms with van der Waals surface area (Å²) in [7, 11) is 0. The predicted octanol–water partition coefficient (Wildman–Crippen LogP) is 1.82. The molecule has 1 aliphatic rings. The zero-order valence-corrected chi connectivity index (χ0v) is 9.62. The van der Waals surface area contributed by atoms with E-state index in [9.17, 15) is 0 Å². The molecule has 4 heteroatoms. The molecule has 0 atom stereocenters. The van der Waals surface area contributed by atoms with Crippen LogP contribution >= 0.6 is 0 Å². The van der Waals surface area contributed by atoms with E-state index in [0.29, 0.717) is 0 Å². The number of rotatable bonds is 0. The second-order valence-corrected chi connectivity index (χ2v) is 4.25. The molecule has 3 heterocycles. The van der Waals surface area contributed by atoms with Gasteiger partial charge in [0.15, 0.2) is 11.4 Å². The topological polar surface area (TPSA) is 33.7 Å². The Morgan fingerprint density at radius 3 is 2.78 bits per heavy atom. The second-order valence-electron chi connectivity index (χ2n) is 4.25. The fourth-order valence-electron chi connectivity index (χ4n) is 2.37. The first-order valence-corrected chi connectivity index (χ1v) is 5.83. The largest absolute Gasteiger partial charge is 0.218 e. The SMILES string of the molecule is c1ccc2c(c1)-c1cncn1N[n+]1ccccc1-2. The fourth-order valence-corrected chi connectivity index (χ4v) is 2.37. The highest BCUT2D eigenvalue weighted by molar-refractivity contribution is 5.79. The summed E-state index contributed by atoms with van der Waals surface area (Å²) in [6.07, 6.45) is 5.65. The van der Waals surface area contributed by atoms with Crippen LogP contribution in [0.2, 0.25) is 0 Å². The van der Waals surface area contributed by atoms with Gasteiger partial charge >= 0.3 is 0 Å². The van der Waals surface area contributed by atoms with Crippen molar-refractivity contribution in [1.29, 1.82) is 0 Å². The molecule has 0 saturated carbocycles. The molecule has 1 aromatic carbocycles. The van der Waals surface area contributed by atoms with Gasteiger partial charge in [0.25, 0.3) is 0 Å². The quantitative estimate of drug-likeness (QED) is 0.472. The van der Waals surface area contributed by atoms with E-state index in [1.807, 2.05) is 33.9 Å². The number of benzene rings is 1. The van der Waals surface area contributed by atoms with E-state index in [4.69, 9.17) is 0 Å². The van der Waals surface area contributed by atoms with E-state index < -0.39 is 0 Å². The molecule has 18 heavy (non-hydrogen) atoms. The zero-order chi connectivity index (χ0) is 11.9. The molecule has 0 unspecified atom stereocenters. The van der Waals surface area contributed by atoms with Crippen molar-refractivity contribution in [2.75, 3.05) is 5.53 Å². The minimum absolute atomic E-state index is 1.06. The predicted molar refractivity (Wildman–Crippen MR) is 68.1 cm³/mol. The molecule has 4 nitrogen and oxygen atoms in total. The van der Waals surface area contributed by atoms with Gasteiger partial charge in [0, 0.05) is 11.1 Å². The standard InChI is InChI=1S/C14H11N4/c1-2-6-12-11(5-1)13-7-3-4-8-17(13)16-18-10-15-9-14(12)18/h1-10,16H/q+1. The summed E-state index contributed by atoms with van der Waals surface area (Å²) >= 11 is 0. The van der Waals surface area contributed by atoms with Gasteiger partial charge in [-0.25, -0.2) is 4.98 Å². The Labute approximate surface area is 104 Å². The molecule has 1 N–H and O–H groups in total. The van der Waals surface area contributed by atoms with E-state index in [2.05, 4.69) is 40.9 Å². The number of aromatic nitrogens is 3. The van der Waals surface area contributed by atoms with Gasteiger partial charge in [-0.05, 0) is 24.3 Å². The monoisotopic (exact) mass is 235 g/mol. The first-order chi connectivity index (χ1) is 8.93. The lowest BCUT2D eigenvalue weighted by atomic mass is 10.0. The highest BCUT2D eigenvalue weighted by Crippen LogP contribution is 2.30. The van der Waals surface area contributed by atoms with E-state index >= 15 is 0 Å². The van der Waals surface area contributed by atoms with Crippen LogP contribution in [0.3, 0.4) is 0 Å². The lowest BCUT2D eigenvalue weighted by molar-refractivity contribution is -0.644. The number of pyridine rings is 1. The zero-order valence-electron chi connectivity index (χ0n) is 9.62. The van der Waals surface area contributed by atoms with E-state index in [0.717, 1.165) is 11.4 Å². The van der Waals surface area contributed by atoms with Crippen LogP contribution in [0.4, 0.5) is 0 Å². The molecule has 0 fully saturated rings. The Hall–Kier alpha value is -2.62. The summed E-state index contributed by atoms with van der Waals surface area (Å²) in [4.78, 5) is 4.20. The van der Waals surface area contributed by atoms with Crippen molar-refractivity contribution in [2.24, 2.45) is 0 Å². The first kappa shape index (κ1) is 9.41. The van der Waals surface area contributed by atoms with Crippen molar-refractivity contribution in [1.82, 2.24) is 9.66 Å². The van der Waals surface area contributed by atoms with Gasteiger partial charge in [-0.3, -0.25) is 0 Å². The van der Waals surface area contributed by atoms with Crippen LogP contribution in [0, 0.1) is 0 Å². The Morgan fingerprint density at radius 1 is 1.00 bits per heavy atom. The molecule has 3 aromatic rings. The number of hydrogen-bond donors (Lipinski definition) is 1. The molecule has 0 radical (unpaired) electrons. The third kappa shape index (κ3) is 1.20. The molecule has 2 aromatic heterocycles.